The number of rotatable bonds is 3. The number of carbonyl (C=O) groups excluding carboxylic acids is 1. The first-order chi connectivity index (χ1) is 12.7. The molecule has 7 nitrogen and oxygen atoms in total. The molecule has 2 amide bonds. The number of benzene rings is 1. The zero-order chi connectivity index (χ0) is 19.8. The van der Waals surface area contributed by atoms with E-state index in [2.05, 4.69) is 5.32 Å². The first-order valence-corrected chi connectivity index (χ1v) is 8.33. The number of carboxylic acids is 1. The van der Waals surface area contributed by atoms with Crippen molar-refractivity contribution in [3.63, 3.8) is 0 Å². The molecule has 148 valence electrons. The van der Waals surface area contributed by atoms with E-state index in [4.69, 9.17) is 14.6 Å². The van der Waals surface area contributed by atoms with Crippen molar-refractivity contribution in [3.8, 4) is 11.5 Å². The van der Waals surface area contributed by atoms with E-state index in [1.165, 1.54) is 7.11 Å². The van der Waals surface area contributed by atoms with Gasteiger partial charge in [-0.15, -0.1) is 0 Å². The van der Waals surface area contributed by atoms with E-state index in [1.807, 2.05) is 0 Å². The van der Waals surface area contributed by atoms with Crippen LogP contribution in [-0.4, -0.2) is 61.0 Å². The Morgan fingerprint density at radius 2 is 2.07 bits per heavy atom. The quantitative estimate of drug-likeness (QED) is 0.826. The zero-order valence-electron chi connectivity index (χ0n) is 14.5. The Balaban J connectivity index is 1.63. The Kier molecular flexibility index (Phi) is 5.07. The minimum absolute atomic E-state index is 0.158. The fraction of sp³-hybridized carbons (Fsp3) is 0.529. The van der Waals surface area contributed by atoms with Gasteiger partial charge in [0.25, 0.3) is 0 Å². The van der Waals surface area contributed by atoms with Gasteiger partial charge in [0.2, 0.25) is 0 Å². The van der Waals surface area contributed by atoms with Gasteiger partial charge in [-0.1, -0.05) is 6.07 Å². The molecule has 2 aliphatic rings. The standard InChI is InChI=1S/C17H19F3N2O5/c1-26-11-3-2-9-4-10(8-27-14(9)5-11)21-16(25)22-6-12(15(23)24)13(7-22)17(18,19)20/h2-3,5,10,12-13H,4,6-8H2,1H3,(H,21,25)(H,23,24)/t10?,12-,13-/m1/s1. The number of halogens is 3. The lowest BCUT2D eigenvalue weighted by atomic mass is 9.96. The van der Waals surface area contributed by atoms with Crippen LogP contribution < -0.4 is 14.8 Å². The second kappa shape index (κ2) is 7.16. The number of methoxy groups -OCH3 is 1. The smallest absolute Gasteiger partial charge is 0.394 e. The minimum atomic E-state index is -4.68. The summed E-state index contributed by atoms with van der Waals surface area (Å²) in [6.45, 7) is -0.995. The molecule has 2 heterocycles. The summed E-state index contributed by atoms with van der Waals surface area (Å²) in [7, 11) is 1.53. The van der Waals surface area contributed by atoms with Crippen LogP contribution in [0.5, 0.6) is 11.5 Å². The van der Waals surface area contributed by atoms with Crippen LogP contribution in [0.3, 0.4) is 0 Å². The van der Waals surface area contributed by atoms with E-state index in [0.29, 0.717) is 17.9 Å². The Morgan fingerprint density at radius 1 is 1.33 bits per heavy atom. The summed E-state index contributed by atoms with van der Waals surface area (Å²) in [4.78, 5) is 24.4. The van der Waals surface area contributed by atoms with Gasteiger partial charge in [-0.3, -0.25) is 4.79 Å². The molecule has 3 rings (SSSR count). The van der Waals surface area contributed by atoms with Crippen LogP contribution in [0.4, 0.5) is 18.0 Å². The topological polar surface area (TPSA) is 88.1 Å². The summed E-state index contributed by atoms with van der Waals surface area (Å²) < 4.78 is 49.8. The van der Waals surface area contributed by atoms with Crippen molar-refractivity contribution >= 4 is 12.0 Å². The van der Waals surface area contributed by atoms with E-state index < -0.39 is 49.1 Å². The van der Waals surface area contributed by atoms with Gasteiger partial charge in [0, 0.05) is 19.2 Å². The predicted octanol–water partition coefficient (Wildman–Crippen LogP) is 1.90. The molecule has 2 N–H and O–H groups in total. The van der Waals surface area contributed by atoms with Crippen LogP contribution in [0.25, 0.3) is 0 Å². The average molecular weight is 388 g/mol. The molecule has 3 atom stereocenters. The molecule has 10 heteroatoms. The lowest BCUT2D eigenvalue weighted by molar-refractivity contribution is -0.187. The third-order valence-electron chi connectivity index (χ3n) is 4.85. The number of hydrogen-bond donors (Lipinski definition) is 2. The van der Waals surface area contributed by atoms with Crippen molar-refractivity contribution < 1.29 is 37.3 Å². The highest BCUT2D eigenvalue weighted by Crippen LogP contribution is 2.38. The maximum Gasteiger partial charge on any atom is 0.394 e. The number of hydrogen-bond acceptors (Lipinski definition) is 4. The molecule has 1 aromatic rings. The summed E-state index contributed by atoms with van der Waals surface area (Å²) in [5, 5.41) is 11.7. The number of likely N-dealkylation sites (tertiary alicyclic amines) is 1. The van der Waals surface area contributed by atoms with E-state index >= 15 is 0 Å². The van der Waals surface area contributed by atoms with Crippen LogP contribution >= 0.6 is 0 Å². The van der Waals surface area contributed by atoms with Crippen LogP contribution in [0.15, 0.2) is 18.2 Å². The Labute approximate surface area is 153 Å². The van der Waals surface area contributed by atoms with Gasteiger partial charge in [0.15, 0.2) is 0 Å². The number of nitrogens with one attached hydrogen (secondary N) is 1. The van der Waals surface area contributed by atoms with E-state index in [1.54, 1.807) is 18.2 Å². The monoisotopic (exact) mass is 388 g/mol. The molecule has 1 fully saturated rings. The van der Waals surface area contributed by atoms with Gasteiger partial charge in [0.1, 0.15) is 18.1 Å². The molecule has 0 saturated carbocycles. The van der Waals surface area contributed by atoms with Crippen molar-refractivity contribution in [1.29, 1.82) is 0 Å². The molecule has 1 aromatic carbocycles. The second-order valence-electron chi connectivity index (χ2n) is 6.63. The van der Waals surface area contributed by atoms with Gasteiger partial charge >= 0.3 is 18.2 Å². The van der Waals surface area contributed by atoms with Crippen molar-refractivity contribution in [1.82, 2.24) is 10.2 Å². The molecule has 1 saturated heterocycles. The number of aliphatic carboxylic acids is 1. The number of fused-ring (bicyclic) bond motifs is 1. The van der Waals surface area contributed by atoms with E-state index in [0.717, 1.165) is 10.5 Å². The van der Waals surface area contributed by atoms with Gasteiger partial charge in [-0.2, -0.15) is 13.2 Å². The molecular formula is C17H19F3N2O5. The largest absolute Gasteiger partial charge is 0.497 e. The highest BCUT2D eigenvalue weighted by molar-refractivity contribution is 5.78. The maximum atomic E-state index is 13.0. The number of urea groups is 1. The molecule has 0 spiro atoms. The SMILES string of the molecule is COc1ccc2c(c1)OCC(NC(=O)N1C[C@@H](C(F)(F)F)[C@H](C(=O)O)C1)C2. The summed E-state index contributed by atoms with van der Waals surface area (Å²) >= 11 is 0. The first-order valence-electron chi connectivity index (χ1n) is 8.33. The molecule has 27 heavy (non-hydrogen) atoms. The van der Waals surface area contributed by atoms with Gasteiger partial charge < -0.3 is 24.8 Å². The van der Waals surface area contributed by atoms with E-state index in [-0.39, 0.29) is 6.61 Å². The summed E-state index contributed by atoms with van der Waals surface area (Å²) in [5.41, 5.74) is 0.838. The maximum absolute atomic E-state index is 13.0. The van der Waals surface area contributed by atoms with Crippen molar-refractivity contribution in [2.24, 2.45) is 11.8 Å². The third kappa shape index (κ3) is 4.04. The highest BCUT2D eigenvalue weighted by atomic mass is 19.4. The normalized spacial score (nSPS) is 24.7. The van der Waals surface area contributed by atoms with Crippen molar-refractivity contribution in [2.45, 2.75) is 18.6 Å². The molecule has 1 unspecified atom stereocenters. The Morgan fingerprint density at radius 3 is 2.67 bits per heavy atom. The summed E-state index contributed by atoms with van der Waals surface area (Å²) in [6, 6.07) is 4.12. The first kappa shape index (κ1) is 19.1. The summed E-state index contributed by atoms with van der Waals surface area (Å²) in [5.74, 6) is -4.03. The second-order valence-corrected chi connectivity index (χ2v) is 6.63. The molecule has 0 bridgehead atoms. The Bertz CT molecular complexity index is 740. The van der Waals surface area contributed by atoms with E-state index in [9.17, 15) is 22.8 Å². The number of carboxylic acid groups (broad SMARTS) is 1. The molecular weight excluding hydrogens is 369 g/mol. The molecule has 0 aliphatic carbocycles. The number of carbonyl (C=O) groups is 2. The van der Waals surface area contributed by atoms with Gasteiger partial charge in [0.05, 0.1) is 25.0 Å². The highest BCUT2D eigenvalue weighted by Gasteiger charge is 2.53. The van der Waals surface area contributed by atoms with Gasteiger partial charge in [-0.05, 0) is 18.1 Å². The minimum Gasteiger partial charge on any atom is -0.497 e. The van der Waals surface area contributed by atoms with Crippen LogP contribution in [0.2, 0.25) is 0 Å². The fourth-order valence-electron chi connectivity index (χ4n) is 3.39. The number of nitrogens with zero attached hydrogens (tertiary/aromatic N) is 1. The van der Waals surface area contributed by atoms with Crippen molar-refractivity contribution in [3.05, 3.63) is 23.8 Å². The third-order valence-corrected chi connectivity index (χ3v) is 4.85. The van der Waals surface area contributed by atoms with Gasteiger partial charge in [-0.25, -0.2) is 4.79 Å². The van der Waals surface area contributed by atoms with Crippen molar-refractivity contribution in [2.75, 3.05) is 26.8 Å². The number of ether oxygens (including phenoxy) is 2. The average Bonchev–Trinajstić information content (AvgIpc) is 3.07. The zero-order valence-corrected chi connectivity index (χ0v) is 14.5. The van der Waals surface area contributed by atoms with Crippen LogP contribution in [-0.2, 0) is 11.2 Å². The Hall–Kier alpha value is -2.65. The predicted molar refractivity (Wildman–Crippen MR) is 86.8 cm³/mol. The number of alkyl halides is 3. The summed E-state index contributed by atoms with van der Waals surface area (Å²) in [6.07, 6.45) is -4.23. The van der Waals surface area contributed by atoms with Crippen LogP contribution in [0.1, 0.15) is 5.56 Å². The number of amides is 2. The lowest BCUT2D eigenvalue weighted by Crippen LogP contribution is -2.48. The van der Waals surface area contributed by atoms with Crippen LogP contribution in [0, 0.1) is 11.8 Å². The molecule has 2 aliphatic heterocycles. The molecule has 0 radical (unpaired) electrons. The fourth-order valence-corrected chi connectivity index (χ4v) is 3.39. The lowest BCUT2D eigenvalue weighted by Gasteiger charge is -2.28. The molecule has 0 aromatic heterocycles.